The van der Waals surface area contributed by atoms with Gasteiger partial charge in [-0.05, 0) is 36.5 Å². The normalized spacial score (nSPS) is 19.4. The molecule has 1 unspecified atom stereocenters. The monoisotopic (exact) mass is 335 g/mol. The lowest BCUT2D eigenvalue weighted by Gasteiger charge is -2.29. The highest BCUT2D eigenvalue weighted by Gasteiger charge is 2.36. The van der Waals surface area contributed by atoms with Gasteiger partial charge in [0.25, 0.3) is 0 Å². The van der Waals surface area contributed by atoms with E-state index in [1.165, 1.54) is 6.07 Å². The topological polar surface area (TPSA) is 26.0 Å². The molecule has 1 aromatic carbocycles. The van der Waals surface area contributed by atoms with E-state index in [1.54, 1.807) is 6.07 Å². The second-order valence-electron chi connectivity index (χ2n) is 5.15. The zero-order chi connectivity index (χ0) is 14.0. The van der Waals surface area contributed by atoms with Crippen molar-refractivity contribution in [3.63, 3.8) is 0 Å². The summed E-state index contributed by atoms with van der Waals surface area (Å²) in [4.78, 5) is 0. The molecular formula is C14H17BrF3N. The molecule has 0 aromatic heterocycles. The summed E-state index contributed by atoms with van der Waals surface area (Å²) in [5.41, 5.74) is 5.72. The molecule has 1 aliphatic rings. The molecule has 1 fully saturated rings. The zero-order valence-corrected chi connectivity index (χ0v) is 12.1. The van der Waals surface area contributed by atoms with Gasteiger partial charge in [0.05, 0.1) is 5.56 Å². The van der Waals surface area contributed by atoms with Gasteiger partial charge in [-0.25, -0.2) is 0 Å². The lowest BCUT2D eigenvalue weighted by molar-refractivity contribution is -0.138. The van der Waals surface area contributed by atoms with Gasteiger partial charge in [0.2, 0.25) is 0 Å². The number of alkyl halides is 3. The average Bonchev–Trinajstić information content (AvgIpc) is 2.38. The number of hydrogen-bond acceptors (Lipinski definition) is 1. The van der Waals surface area contributed by atoms with Crippen molar-refractivity contribution in [2.75, 3.05) is 0 Å². The minimum absolute atomic E-state index is 0.163. The van der Waals surface area contributed by atoms with Crippen LogP contribution in [0.15, 0.2) is 22.7 Å². The molecule has 0 heterocycles. The Bertz CT molecular complexity index is 439. The molecule has 0 aliphatic heterocycles. The molecule has 19 heavy (non-hydrogen) atoms. The fourth-order valence-corrected chi connectivity index (χ4v) is 3.17. The van der Waals surface area contributed by atoms with Crippen LogP contribution in [0.3, 0.4) is 0 Å². The van der Waals surface area contributed by atoms with Gasteiger partial charge < -0.3 is 5.73 Å². The molecule has 1 aromatic rings. The summed E-state index contributed by atoms with van der Waals surface area (Å²) in [5.74, 6) is 0.163. The summed E-state index contributed by atoms with van der Waals surface area (Å²) in [7, 11) is 0. The van der Waals surface area contributed by atoms with Crippen LogP contribution in [0.25, 0.3) is 0 Å². The molecule has 0 saturated heterocycles. The minimum Gasteiger partial charge on any atom is -0.324 e. The van der Waals surface area contributed by atoms with Crippen molar-refractivity contribution < 1.29 is 13.2 Å². The Hall–Kier alpha value is -0.550. The van der Waals surface area contributed by atoms with Crippen molar-refractivity contribution in [3.05, 3.63) is 33.8 Å². The molecule has 1 nitrogen and oxygen atoms in total. The molecule has 2 N–H and O–H groups in total. The van der Waals surface area contributed by atoms with Gasteiger partial charge in [-0.2, -0.15) is 13.2 Å². The van der Waals surface area contributed by atoms with Crippen LogP contribution in [-0.4, -0.2) is 0 Å². The number of nitrogens with two attached hydrogens (primary N) is 1. The number of hydrogen-bond donors (Lipinski definition) is 1. The summed E-state index contributed by atoms with van der Waals surface area (Å²) in [6, 6.07) is 3.74. The van der Waals surface area contributed by atoms with E-state index in [9.17, 15) is 13.2 Å². The van der Waals surface area contributed by atoms with Crippen LogP contribution in [0.1, 0.15) is 49.3 Å². The highest BCUT2D eigenvalue weighted by molar-refractivity contribution is 9.10. The first-order valence-corrected chi connectivity index (χ1v) is 7.31. The number of benzene rings is 1. The van der Waals surface area contributed by atoms with Crippen LogP contribution in [-0.2, 0) is 6.18 Å². The third-order valence-electron chi connectivity index (χ3n) is 3.84. The Balaban J connectivity index is 2.32. The standard InChI is InChI=1S/C14H17BrF3N/c15-10-6-7-11(12(8-10)14(16,17)18)13(19)9-4-2-1-3-5-9/h6-9,13H,1-5,19H2. The first kappa shape index (κ1) is 14.9. The first-order chi connectivity index (χ1) is 8.89. The van der Waals surface area contributed by atoms with Crippen LogP contribution in [0.4, 0.5) is 13.2 Å². The Kier molecular flexibility index (Phi) is 4.56. The average molecular weight is 336 g/mol. The summed E-state index contributed by atoms with van der Waals surface area (Å²) < 4.78 is 39.7. The molecule has 0 radical (unpaired) electrons. The molecule has 5 heteroatoms. The molecule has 2 rings (SSSR count). The van der Waals surface area contributed by atoms with Crippen molar-refractivity contribution in [1.29, 1.82) is 0 Å². The smallest absolute Gasteiger partial charge is 0.324 e. The fraction of sp³-hybridized carbons (Fsp3) is 0.571. The SMILES string of the molecule is NC(c1ccc(Br)cc1C(F)(F)F)C1CCCCC1. The van der Waals surface area contributed by atoms with Gasteiger partial charge in [-0.3, -0.25) is 0 Å². The van der Waals surface area contributed by atoms with E-state index in [4.69, 9.17) is 5.73 Å². The van der Waals surface area contributed by atoms with Gasteiger partial charge in [-0.15, -0.1) is 0 Å². The van der Waals surface area contributed by atoms with E-state index < -0.39 is 17.8 Å². The molecule has 0 bridgehead atoms. The summed E-state index contributed by atoms with van der Waals surface area (Å²) in [5, 5.41) is 0. The van der Waals surface area contributed by atoms with Gasteiger partial charge >= 0.3 is 6.18 Å². The second-order valence-corrected chi connectivity index (χ2v) is 6.07. The lowest BCUT2D eigenvalue weighted by atomic mass is 9.80. The maximum absolute atomic E-state index is 13.1. The van der Waals surface area contributed by atoms with Crippen LogP contribution in [0.5, 0.6) is 0 Å². The molecular weight excluding hydrogens is 319 g/mol. The summed E-state index contributed by atoms with van der Waals surface area (Å²) in [6.07, 6.45) is 0.788. The summed E-state index contributed by atoms with van der Waals surface area (Å²) in [6.45, 7) is 0. The van der Waals surface area contributed by atoms with Gasteiger partial charge in [-0.1, -0.05) is 41.3 Å². The van der Waals surface area contributed by atoms with Crippen LogP contribution in [0, 0.1) is 5.92 Å². The van der Waals surface area contributed by atoms with Gasteiger partial charge in [0, 0.05) is 10.5 Å². The lowest BCUT2D eigenvalue weighted by Crippen LogP contribution is -2.26. The Morgan fingerprint density at radius 1 is 1.16 bits per heavy atom. The third kappa shape index (κ3) is 3.51. The van der Waals surface area contributed by atoms with Crippen molar-refractivity contribution in [3.8, 4) is 0 Å². The zero-order valence-electron chi connectivity index (χ0n) is 10.5. The van der Waals surface area contributed by atoms with Crippen molar-refractivity contribution in [2.24, 2.45) is 11.7 Å². The van der Waals surface area contributed by atoms with Crippen molar-refractivity contribution in [2.45, 2.75) is 44.3 Å². The van der Waals surface area contributed by atoms with E-state index >= 15 is 0 Å². The third-order valence-corrected chi connectivity index (χ3v) is 4.33. The van der Waals surface area contributed by atoms with Gasteiger partial charge in [0.1, 0.15) is 0 Å². The van der Waals surface area contributed by atoms with Crippen LogP contribution in [0.2, 0.25) is 0 Å². The molecule has 106 valence electrons. The van der Waals surface area contributed by atoms with Crippen molar-refractivity contribution >= 4 is 15.9 Å². The molecule has 0 amide bonds. The van der Waals surface area contributed by atoms with E-state index in [-0.39, 0.29) is 11.5 Å². The van der Waals surface area contributed by atoms with E-state index in [1.807, 2.05) is 0 Å². The van der Waals surface area contributed by atoms with Gasteiger partial charge in [0.15, 0.2) is 0 Å². The number of halogens is 4. The quantitative estimate of drug-likeness (QED) is 0.804. The maximum Gasteiger partial charge on any atom is 0.416 e. The fourth-order valence-electron chi connectivity index (χ4n) is 2.81. The summed E-state index contributed by atoms with van der Waals surface area (Å²) >= 11 is 3.09. The van der Waals surface area contributed by atoms with E-state index in [0.29, 0.717) is 4.47 Å². The second kappa shape index (κ2) is 5.83. The Labute approximate surface area is 119 Å². The molecule has 1 aliphatic carbocycles. The van der Waals surface area contributed by atoms with E-state index in [0.717, 1.165) is 38.2 Å². The van der Waals surface area contributed by atoms with E-state index in [2.05, 4.69) is 15.9 Å². The molecule has 0 spiro atoms. The van der Waals surface area contributed by atoms with Crippen LogP contribution >= 0.6 is 15.9 Å². The predicted molar refractivity (Wildman–Crippen MR) is 72.6 cm³/mol. The highest BCUT2D eigenvalue weighted by atomic mass is 79.9. The highest BCUT2D eigenvalue weighted by Crippen LogP contribution is 2.40. The Morgan fingerprint density at radius 3 is 2.37 bits per heavy atom. The minimum atomic E-state index is -4.36. The molecule has 1 atom stereocenters. The predicted octanol–water partition coefficient (Wildman–Crippen LogP) is 5.05. The van der Waals surface area contributed by atoms with Crippen molar-refractivity contribution in [1.82, 2.24) is 0 Å². The van der Waals surface area contributed by atoms with Crippen LogP contribution < -0.4 is 5.73 Å². The number of rotatable bonds is 2. The molecule has 1 saturated carbocycles. The largest absolute Gasteiger partial charge is 0.416 e. The maximum atomic E-state index is 13.1. The first-order valence-electron chi connectivity index (χ1n) is 6.52. The Morgan fingerprint density at radius 2 is 1.79 bits per heavy atom.